The molecule has 0 amide bonds. The summed E-state index contributed by atoms with van der Waals surface area (Å²) in [6.45, 7) is 1.90. The van der Waals surface area contributed by atoms with Gasteiger partial charge in [-0.05, 0) is 54.7 Å². The van der Waals surface area contributed by atoms with Crippen LogP contribution in [-0.2, 0) is 6.42 Å². The van der Waals surface area contributed by atoms with Crippen LogP contribution in [0.25, 0.3) is 0 Å². The van der Waals surface area contributed by atoms with Gasteiger partial charge in [-0.15, -0.1) is 0 Å². The number of carboxylic acids is 1. The zero-order chi connectivity index (χ0) is 15.4. The van der Waals surface area contributed by atoms with Gasteiger partial charge in [0.25, 0.3) is 0 Å². The highest BCUT2D eigenvalue weighted by atomic mass is 79.9. The Kier molecular flexibility index (Phi) is 5.15. The number of aromatic carboxylic acids is 1. The molecule has 2 N–H and O–H groups in total. The summed E-state index contributed by atoms with van der Waals surface area (Å²) in [5.74, 6) is -0.925. The van der Waals surface area contributed by atoms with Crippen LogP contribution in [0.1, 0.15) is 39.6 Å². The van der Waals surface area contributed by atoms with Crippen molar-refractivity contribution >= 4 is 21.9 Å². The van der Waals surface area contributed by atoms with Crippen molar-refractivity contribution in [3.8, 4) is 0 Å². The van der Waals surface area contributed by atoms with Gasteiger partial charge in [0, 0.05) is 4.47 Å². The van der Waals surface area contributed by atoms with E-state index in [1.807, 2.05) is 37.3 Å². The van der Waals surface area contributed by atoms with Gasteiger partial charge in [0.2, 0.25) is 0 Å². The summed E-state index contributed by atoms with van der Waals surface area (Å²) in [7, 11) is 0. The number of hydrogen-bond donors (Lipinski definition) is 2. The molecule has 0 bridgehead atoms. The molecule has 110 valence electrons. The smallest absolute Gasteiger partial charge is 0.335 e. The lowest BCUT2D eigenvalue weighted by atomic mass is 9.94. The molecule has 3 nitrogen and oxygen atoms in total. The molecular formula is C17H17BrO3. The first-order valence-electron chi connectivity index (χ1n) is 6.74. The average Bonchev–Trinajstić information content (AvgIpc) is 2.45. The number of aliphatic hydroxyl groups excluding tert-OH is 1. The average molecular weight is 349 g/mol. The third-order valence-electron chi connectivity index (χ3n) is 3.54. The van der Waals surface area contributed by atoms with Crippen LogP contribution >= 0.6 is 15.9 Å². The van der Waals surface area contributed by atoms with Crippen molar-refractivity contribution in [3.63, 3.8) is 0 Å². The molecule has 0 aliphatic heterocycles. The lowest BCUT2D eigenvalue weighted by molar-refractivity contribution is 0.0695. The summed E-state index contributed by atoms with van der Waals surface area (Å²) in [4.78, 5) is 11.3. The van der Waals surface area contributed by atoms with Crippen molar-refractivity contribution in [2.45, 2.75) is 25.9 Å². The van der Waals surface area contributed by atoms with Crippen LogP contribution in [0, 0.1) is 6.92 Å². The number of rotatable bonds is 5. The largest absolute Gasteiger partial charge is 0.478 e. The van der Waals surface area contributed by atoms with Crippen molar-refractivity contribution in [2.75, 3.05) is 0 Å². The molecule has 0 heterocycles. The van der Waals surface area contributed by atoms with Crippen molar-refractivity contribution < 1.29 is 15.0 Å². The van der Waals surface area contributed by atoms with E-state index in [0.29, 0.717) is 18.4 Å². The third kappa shape index (κ3) is 3.93. The van der Waals surface area contributed by atoms with Crippen LogP contribution in [0.15, 0.2) is 46.9 Å². The summed E-state index contributed by atoms with van der Waals surface area (Å²) < 4.78 is 0.918. The minimum Gasteiger partial charge on any atom is -0.478 e. The fraction of sp³-hybridized carbons (Fsp3) is 0.235. The van der Waals surface area contributed by atoms with Gasteiger partial charge in [-0.2, -0.15) is 0 Å². The highest BCUT2D eigenvalue weighted by Gasteiger charge is 2.14. The Bertz CT molecular complexity index is 652. The van der Waals surface area contributed by atoms with E-state index in [0.717, 1.165) is 21.2 Å². The maximum absolute atomic E-state index is 11.3. The number of benzene rings is 2. The molecule has 0 unspecified atom stereocenters. The summed E-state index contributed by atoms with van der Waals surface area (Å²) in [6.07, 6.45) is 0.410. The molecule has 2 aromatic rings. The van der Waals surface area contributed by atoms with E-state index in [1.165, 1.54) is 0 Å². The highest BCUT2D eigenvalue weighted by Crippen LogP contribution is 2.24. The van der Waals surface area contributed by atoms with Crippen LogP contribution in [0.5, 0.6) is 0 Å². The summed E-state index contributed by atoms with van der Waals surface area (Å²) in [6, 6.07) is 12.8. The quantitative estimate of drug-likeness (QED) is 0.854. The maximum atomic E-state index is 11.3. The van der Waals surface area contributed by atoms with Gasteiger partial charge in [-0.3, -0.25) is 0 Å². The Balaban J connectivity index is 2.15. The molecule has 1 atom stereocenters. The van der Waals surface area contributed by atoms with Gasteiger partial charge >= 0.3 is 5.97 Å². The zero-order valence-corrected chi connectivity index (χ0v) is 13.3. The van der Waals surface area contributed by atoms with Crippen LogP contribution in [-0.4, -0.2) is 16.2 Å². The number of carboxylic acid groups (broad SMARTS) is 1. The van der Waals surface area contributed by atoms with Gasteiger partial charge in [0.05, 0.1) is 11.7 Å². The zero-order valence-electron chi connectivity index (χ0n) is 11.7. The Morgan fingerprint density at radius 2 is 1.95 bits per heavy atom. The molecule has 2 aromatic carbocycles. The molecule has 0 aromatic heterocycles. The van der Waals surface area contributed by atoms with E-state index < -0.39 is 12.1 Å². The second-order valence-electron chi connectivity index (χ2n) is 5.02. The molecule has 0 aliphatic carbocycles. The first-order chi connectivity index (χ1) is 9.99. The van der Waals surface area contributed by atoms with E-state index in [9.17, 15) is 15.0 Å². The number of hydrogen-bond acceptors (Lipinski definition) is 2. The lowest BCUT2D eigenvalue weighted by Crippen LogP contribution is -2.07. The topological polar surface area (TPSA) is 57.5 Å². The van der Waals surface area contributed by atoms with Crippen LogP contribution in [0.2, 0.25) is 0 Å². The molecule has 4 heteroatoms. The summed E-state index contributed by atoms with van der Waals surface area (Å²) in [5.41, 5.74) is 2.88. The number of carbonyl (C=O) groups is 1. The maximum Gasteiger partial charge on any atom is 0.335 e. The SMILES string of the molecule is Cc1cccc(C(=O)O)c1CC[C@H](O)c1cccc(Br)c1. The Labute approximate surface area is 132 Å². The normalized spacial score (nSPS) is 12.1. The minimum absolute atomic E-state index is 0.316. The summed E-state index contributed by atoms with van der Waals surface area (Å²) >= 11 is 3.38. The third-order valence-corrected chi connectivity index (χ3v) is 4.04. The number of aryl methyl sites for hydroxylation is 1. The molecular weight excluding hydrogens is 332 g/mol. The van der Waals surface area contributed by atoms with Crippen LogP contribution in [0.3, 0.4) is 0 Å². The highest BCUT2D eigenvalue weighted by molar-refractivity contribution is 9.10. The van der Waals surface area contributed by atoms with Crippen molar-refractivity contribution in [2.24, 2.45) is 0 Å². The Morgan fingerprint density at radius 1 is 1.24 bits per heavy atom. The fourth-order valence-electron chi connectivity index (χ4n) is 2.40. The van der Waals surface area contributed by atoms with E-state index in [4.69, 9.17) is 0 Å². The fourth-order valence-corrected chi connectivity index (χ4v) is 2.81. The molecule has 0 saturated carbocycles. The van der Waals surface area contributed by atoms with E-state index in [-0.39, 0.29) is 0 Å². The second kappa shape index (κ2) is 6.87. The van der Waals surface area contributed by atoms with E-state index >= 15 is 0 Å². The van der Waals surface area contributed by atoms with Gasteiger partial charge in [-0.1, -0.05) is 40.2 Å². The van der Waals surface area contributed by atoms with Crippen molar-refractivity contribution in [1.29, 1.82) is 0 Å². The minimum atomic E-state index is -0.925. The Hall–Kier alpha value is -1.65. The predicted molar refractivity (Wildman–Crippen MR) is 85.6 cm³/mol. The standard InChI is InChI=1S/C17H17BrO3/c1-11-4-2-7-15(17(20)21)14(11)8-9-16(19)12-5-3-6-13(18)10-12/h2-7,10,16,19H,8-9H2,1H3,(H,20,21)/t16-/m0/s1. The van der Waals surface area contributed by atoms with Crippen molar-refractivity contribution in [3.05, 3.63) is 69.2 Å². The first-order valence-corrected chi connectivity index (χ1v) is 7.53. The summed E-state index contributed by atoms with van der Waals surface area (Å²) in [5, 5.41) is 19.5. The molecule has 0 spiro atoms. The molecule has 2 rings (SSSR count). The molecule has 0 saturated heterocycles. The van der Waals surface area contributed by atoms with Gasteiger partial charge < -0.3 is 10.2 Å². The van der Waals surface area contributed by atoms with Gasteiger partial charge in [-0.25, -0.2) is 4.79 Å². The van der Waals surface area contributed by atoms with Crippen molar-refractivity contribution in [1.82, 2.24) is 0 Å². The molecule has 0 aliphatic rings. The number of halogens is 1. The molecule has 21 heavy (non-hydrogen) atoms. The molecule has 0 fully saturated rings. The second-order valence-corrected chi connectivity index (χ2v) is 5.93. The first kappa shape index (κ1) is 15.7. The monoisotopic (exact) mass is 348 g/mol. The molecule has 0 radical (unpaired) electrons. The van der Waals surface area contributed by atoms with Gasteiger partial charge in [0.15, 0.2) is 0 Å². The van der Waals surface area contributed by atoms with E-state index in [1.54, 1.807) is 12.1 Å². The van der Waals surface area contributed by atoms with Gasteiger partial charge in [0.1, 0.15) is 0 Å². The van der Waals surface area contributed by atoms with E-state index in [2.05, 4.69) is 15.9 Å². The predicted octanol–water partition coefficient (Wildman–Crippen LogP) is 4.12. The Morgan fingerprint density at radius 3 is 2.62 bits per heavy atom. The lowest BCUT2D eigenvalue weighted by Gasteiger charge is -2.14. The van der Waals surface area contributed by atoms with Crippen LogP contribution in [0.4, 0.5) is 0 Å². The van der Waals surface area contributed by atoms with Crippen LogP contribution < -0.4 is 0 Å². The number of aliphatic hydroxyl groups is 1.